The van der Waals surface area contributed by atoms with E-state index in [1.165, 1.54) is 23.1 Å². The van der Waals surface area contributed by atoms with Crippen molar-refractivity contribution >= 4 is 17.2 Å². The van der Waals surface area contributed by atoms with Gasteiger partial charge in [-0.05, 0) is 60.9 Å². The van der Waals surface area contributed by atoms with E-state index in [2.05, 4.69) is 24.3 Å². The van der Waals surface area contributed by atoms with Crippen molar-refractivity contribution in [3.63, 3.8) is 0 Å². The third kappa shape index (κ3) is 3.04. The highest BCUT2D eigenvalue weighted by Gasteiger charge is 2.12. The van der Waals surface area contributed by atoms with Crippen LogP contribution >= 0.6 is 11.6 Å². The van der Waals surface area contributed by atoms with Crippen molar-refractivity contribution < 1.29 is 4.74 Å². The molecule has 0 saturated heterocycles. The number of hydrogen-bond acceptors (Lipinski definition) is 1. The molecule has 1 nitrogen and oxygen atoms in total. The summed E-state index contributed by atoms with van der Waals surface area (Å²) in [6, 6.07) is 6.42. The molecule has 0 spiro atoms. The first kappa shape index (κ1) is 12.5. The molecule has 0 saturated carbocycles. The molecule has 0 aromatic heterocycles. The lowest BCUT2D eigenvalue weighted by molar-refractivity contribution is 0.414. The molecule has 1 aliphatic rings. The summed E-state index contributed by atoms with van der Waals surface area (Å²) >= 11 is 5.72. The fraction of sp³-hybridized carbons (Fsp3) is 0.467. The predicted molar refractivity (Wildman–Crippen MR) is 73.9 cm³/mol. The zero-order chi connectivity index (χ0) is 12.1. The van der Waals surface area contributed by atoms with Crippen molar-refractivity contribution in [2.45, 2.75) is 32.1 Å². The minimum Gasteiger partial charge on any atom is -0.497 e. The van der Waals surface area contributed by atoms with Gasteiger partial charge in [-0.1, -0.05) is 12.1 Å². The molecular formula is C15H19ClO. The van der Waals surface area contributed by atoms with E-state index in [9.17, 15) is 0 Å². The van der Waals surface area contributed by atoms with Crippen LogP contribution in [0.1, 0.15) is 36.8 Å². The topological polar surface area (TPSA) is 9.23 Å². The first-order valence-corrected chi connectivity index (χ1v) is 6.81. The predicted octanol–water partition coefficient (Wildman–Crippen LogP) is 4.43. The zero-order valence-electron chi connectivity index (χ0n) is 10.3. The molecule has 0 unspecified atom stereocenters. The van der Waals surface area contributed by atoms with Gasteiger partial charge in [0.2, 0.25) is 0 Å². The lowest BCUT2D eigenvalue weighted by Crippen LogP contribution is -2.00. The number of halogens is 1. The number of methoxy groups -OCH3 is 1. The van der Waals surface area contributed by atoms with Crippen molar-refractivity contribution in [3.05, 3.63) is 35.4 Å². The molecule has 2 heteroatoms. The zero-order valence-corrected chi connectivity index (χ0v) is 11.1. The van der Waals surface area contributed by atoms with Gasteiger partial charge in [0.05, 0.1) is 7.11 Å². The first-order valence-electron chi connectivity index (χ1n) is 6.27. The Hall–Kier alpha value is -0.950. The van der Waals surface area contributed by atoms with Crippen molar-refractivity contribution in [1.29, 1.82) is 0 Å². The molecule has 0 bridgehead atoms. The van der Waals surface area contributed by atoms with Crippen LogP contribution in [0.2, 0.25) is 0 Å². The quantitative estimate of drug-likeness (QED) is 0.555. The minimum atomic E-state index is 0.767. The second-order valence-electron chi connectivity index (χ2n) is 4.44. The Labute approximate surface area is 108 Å². The van der Waals surface area contributed by atoms with Gasteiger partial charge in [-0.3, -0.25) is 0 Å². The number of ether oxygens (including phenoxy) is 1. The highest BCUT2D eigenvalue weighted by molar-refractivity contribution is 6.17. The lowest BCUT2D eigenvalue weighted by atomic mass is 9.88. The molecule has 0 N–H and O–H groups in total. The van der Waals surface area contributed by atoms with Gasteiger partial charge in [0, 0.05) is 5.88 Å². The van der Waals surface area contributed by atoms with E-state index in [-0.39, 0.29) is 0 Å². The summed E-state index contributed by atoms with van der Waals surface area (Å²) in [5, 5.41) is 0. The molecule has 0 aliphatic heterocycles. The van der Waals surface area contributed by atoms with E-state index in [0.29, 0.717) is 0 Å². The monoisotopic (exact) mass is 250 g/mol. The molecule has 0 fully saturated rings. The number of rotatable bonds is 5. The molecule has 17 heavy (non-hydrogen) atoms. The highest BCUT2D eigenvalue weighted by atomic mass is 35.5. The minimum absolute atomic E-state index is 0.767. The van der Waals surface area contributed by atoms with Crippen LogP contribution in [-0.2, 0) is 6.42 Å². The molecule has 1 aromatic rings. The third-order valence-corrected chi connectivity index (χ3v) is 3.56. The van der Waals surface area contributed by atoms with Crippen molar-refractivity contribution in [2.24, 2.45) is 0 Å². The number of allylic oxidation sites excluding steroid dienone is 2. The van der Waals surface area contributed by atoms with Gasteiger partial charge in [-0.2, -0.15) is 0 Å². The summed E-state index contributed by atoms with van der Waals surface area (Å²) in [7, 11) is 1.72. The number of alkyl halides is 1. The Morgan fingerprint density at radius 3 is 2.94 bits per heavy atom. The van der Waals surface area contributed by atoms with Gasteiger partial charge in [-0.25, -0.2) is 0 Å². The molecule has 2 rings (SSSR count). The fourth-order valence-electron chi connectivity index (χ4n) is 2.38. The van der Waals surface area contributed by atoms with Crippen LogP contribution in [0, 0.1) is 0 Å². The average Bonchev–Trinajstić information content (AvgIpc) is 2.38. The van der Waals surface area contributed by atoms with Gasteiger partial charge in [-0.15, -0.1) is 11.6 Å². The summed E-state index contributed by atoms with van der Waals surface area (Å²) in [4.78, 5) is 0. The lowest BCUT2D eigenvalue weighted by Gasteiger charge is -2.18. The van der Waals surface area contributed by atoms with Gasteiger partial charge in [0.25, 0.3) is 0 Å². The molecule has 1 aliphatic carbocycles. The molecule has 0 heterocycles. The number of aryl methyl sites for hydroxylation is 1. The van der Waals surface area contributed by atoms with Crippen LogP contribution in [0.5, 0.6) is 5.75 Å². The van der Waals surface area contributed by atoms with E-state index >= 15 is 0 Å². The molecule has 0 amide bonds. The number of fused-ring (bicyclic) bond motifs is 1. The summed E-state index contributed by atoms with van der Waals surface area (Å²) in [6.45, 7) is 0. The second kappa shape index (κ2) is 6.11. The first-order chi connectivity index (χ1) is 8.35. The van der Waals surface area contributed by atoms with Crippen molar-refractivity contribution in [1.82, 2.24) is 0 Å². The second-order valence-corrected chi connectivity index (χ2v) is 4.82. The SMILES string of the molecule is COc1ccc2c(c1)CCC=C2CCCCCl. The van der Waals surface area contributed by atoms with Crippen LogP contribution in [0.15, 0.2) is 24.3 Å². The highest BCUT2D eigenvalue weighted by Crippen LogP contribution is 2.32. The molecular weight excluding hydrogens is 232 g/mol. The Bertz CT molecular complexity index is 409. The van der Waals surface area contributed by atoms with Gasteiger partial charge in [0.1, 0.15) is 5.75 Å². The Balaban J connectivity index is 2.14. The summed E-state index contributed by atoms with van der Waals surface area (Å²) in [5.41, 5.74) is 4.32. The van der Waals surface area contributed by atoms with E-state index in [1.54, 1.807) is 7.11 Å². The molecule has 1 aromatic carbocycles. The van der Waals surface area contributed by atoms with Gasteiger partial charge < -0.3 is 4.74 Å². The number of unbranched alkanes of at least 4 members (excludes halogenated alkanes) is 1. The maximum Gasteiger partial charge on any atom is 0.119 e. The van der Waals surface area contributed by atoms with Crippen molar-refractivity contribution in [3.8, 4) is 5.75 Å². The van der Waals surface area contributed by atoms with Gasteiger partial charge in [0.15, 0.2) is 0 Å². The normalized spacial score (nSPS) is 14.1. The van der Waals surface area contributed by atoms with E-state index in [1.807, 2.05) is 0 Å². The van der Waals surface area contributed by atoms with Crippen LogP contribution in [0.25, 0.3) is 5.57 Å². The smallest absolute Gasteiger partial charge is 0.119 e. The number of hydrogen-bond donors (Lipinski definition) is 0. The number of benzene rings is 1. The molecule has 92 valence electrons. The van der Waals surface area contributed by atoms with Crippen LogP contribution in [0.4, 0.5) is 0 Å². The van der Waals surface area contributed by atoms with E-state index in [4.69, 9.17) is 16.3 Å². The summed E-state index contributed by atoms with van der Waals surface area (Å²) in [6.07, 6.45) is 8.09. The maximum absolute atomic E-state index is 5.72. The standard InChI is InChI=1S/C15H19ClO/c1-17-14-8-9-15-12(5-2-3-10-16)6-4-7-13(15)11-14/h6,8-9,11H,2-5,7,10H2,1H3. The Morgan fingerprint density at radius 1 is 1.29 bits per heavy atom. The van der Waals surface area contributed by atoms with Crippen LogP contribution in [0.3, 0.4) is 0 Å². The fourth-order valence-corrected chi connectivity index (χ4v) is 2.56. The van der Waals surface area contributed by atoms with Crippen LogP contribution in [-0.4, -0.2) is 13.0 Å². The third-order valence-electron chi connectivity index (χ3n) is 3.29. The summed E-state index contributed by atoms with van der Waals surface area (Å²) in [5.74, 6) is 1.73. The van der Waals surface area contributed by atoms with Crippen LogP contribution < -0.4 is 4.74 Å². The largest absolute Gasteiger partial charge is 0.497 e. The Kier molecular flexibility index (Phi) is 4.49. The van der Waals surface area contributed by atoms with E-state index < -0.39 is 0 Å². The average molecular weight is 251 g/mol. The summed E-state index contributed by atoms with van der Waals surface area (Å²) < 4.78 is 5.28. The Morgan fingerprint density at radius 2 is 2.18 bits per heavy atom. The van der Waals surface area contributed by atoms with Gasteiger partial charge >= 0.3 is 0 Å². The maximum atomic E-state index is 5.72. The van der Waals surface area contributed by atoms with Crippen molar-refractivity contribution in [2.75, 3.05) is 13.0 Å². The molecule has 0 atom stereocenters. The molecule has 0 radical (unpaired) electrons. The van der Waals surface area contributed by atoms with E-state index in [0.717, 1.165) is 37.3 Å².